The van der Waals surface area contributed by atoms with Gasteiger partial charge in [0.05, 0.1) is 0 Å². The van der Waals surface area contributed by atoms with E-state index in [1.165, 1.54) is 0 Å². The lowest BCUT2D eigenvalue weighted by molar-refractivity contribution is 1.07. The lowest BCUT2D eigenvalue weighted by Gasteiger charge is -1.84. The first kappa shape index (κ1) is 9.47. The number of aromatic amines is 2. The molecule has 1 aromatic heterocycles. The fourth-order valence-corrected chi connectivity index (χ4v) is 0.481. The third-order valence-electron chi connectivity index (χ3n) is 0.638. The molecule has 0 unspecified atom stereocenters. The number of nitrogens with zero attached hydrogens (tertiary/aromatic N) is 1. The molecule has 0 saturated heterocycles. The molecule has 0 atom stereocenters. The summed E-state index contributed by atoms with van der Waals surface area (Å²) in [5, 5.41) is 5.13. The Labute approximate surface area is 68.8 Å². The lowest BCUT2D eigenvalue weighted by atomic mass is 11.1. The van der Waals surface area contributed by atoms with Gasteiger partial charge in [-0.2, -0.15) is 17.6 Å². The molecular weight excluding hydrogens is 170 g/mol. The Morgan fingerprint density at radius 3 is 2.40 bits per heavy atom. The number of hydrogen-bond acceptors (Lipinski definition) is 5. The molecule has 0 saturated carbocycles. The monoisotopic (exact) mass is 179 g/mol. The van der Waals surface area contributed by atoms with Crippen molar-refractivity contribution in [2.24, 2.45) is 5.84 Å². The molecule has 5 N–H and O–H groups in total. The van der Waals surface area contributed by atoms with E-state index in [0.29, 0.717) is 10.7 Å². The molecule has 1 rings (SSSR count). The van der Waals surface area contributed by atoms with Crippen LogP contribution in [0.5, 0.6) is 0 Å². The summed E-state index contributed by atoms with van der Waals surface area (Å²) in [5.41, 5.74) is 2.28. The van der Waals surface area contributed by atoms with Gasteiger partial charge in [-0.3, -0.25) is 15.6 Å². The molecule has 0 aliphatic rings. The summed E-state index contributed by atoms with van der Waals surface area (Å²) in [5.74, 6) is 5.39. The van der Waals surface area contributed by atoms with Gasteiger partial charge in [0.1, 0.15) is 0 Å². The molecule has 0 bridgehead atoms. The van der Waals surface area contributed by atoms with Gasteiger partial charge in [-0.1, -0.05) is 0 Å². The van der Waals surface area contributed by atoms with Crippen molar-refractivity contribution in [1.82, 2.24) is 15.2 Å². The van der Waals surface area contributed by atoms with Crippen LogP contribution in [0.3, 0.4) is 0 Å². The van der Waals surface area contributed by atoms with Crippen LogP contribution in [0, 0.1) is 4.77 Å². The summed E-state index contributed by atoms with van der Waals surface area (Å²) < 4.78 is 0.387. The van der Waals surface area contributed by atoms with E-state index >= 15 is 0 Å². The second-order valence-corrected chi connectivity index (χ2v) is 1.55. The normalized spacial score (nSPS) is 7.90. The zero-order valence-corrected chi connectivity index (χ0v) is 7.09. The van der Waals surface area contributed by atoms with Gasteiger partial charge in [0, 0.05) is 0 Å². The third kappa shape index (κ3) is 2.85. The maximum absolute atomic E-state index is 4.95. The highest BCUT2D eigenvalue weighted by Gasteiger charge is 1.86. The van der Waals surface area contributed by atoms with Crippen molar-refractivity contribution in [3.05, 3.63) is 4.77 Å². The van der Waals surface area contributed by atoms with E-state index in [0.717, 1.165) is 0 Å². The highest BCUT2D eigenvalue weighted by Crippen LogP contribution is 1.87. The number of H-pyrrole nitrogens is 2. The molecule has 1 aromatic rings. The molecule has 7 heteroatoms. The quantitative estimate of drug-likeness (QED) is 0.186. The summed E-state index contributed by atoms with van der Waals surface area (Å²) in [6.45, 7) is 0. The molecule has 0 aliphatic heterocycles. The number of nitrogens with one attached hydrogen (secondary N) is 3. The van der Waals surface area contributed by atoms with E-state index in [9.17, 15) is 0 Å². The SMILES string of the molecule is CS.NNc1nc(=S)[nH][nH]1. The van der Waals surface area contributed by atoms with Crippen LogP contribution < -0.4 is 11.3 Å². The predicted octanol–water partition coefficient (Wildman–Crippen LogP) is 0.299. The lowest BCUT2D eigenvalue weighted by Crippen LogP contribution is -2.07. The Hall–Kier alpha value is -0.530. The third-order valence-corrected chi connectivity index (χ3v) is 0.831. The summed E-state index contributed by atoms with van der Waals surface area (Å²) >= 11 is 8.13. The van der Waals surface area contributed by atoms with Crippen molar-refractivity contribution >= 4 is 30.8 Å². The molecule has 0 radical (unpaired) electrons. The van der Waals surface area contributed by atoms with Crippen LogP contribution in [0.4, 0.5) is 5.95 Å². The Balaban J connectivity index is 0.000000371. The largest absolute Gasteiger partial charge is 0.293 e. The van der Waals surface area contributed by atoms with E-state index in [4.69, 9.17) is 5.84 Å². The van der Waals surface area contributed by atoms with E-state index in [-0.39, 0.29) is 0 Å². The van der Waals surface area contributed by atoms with Crippen LogP contribution in [0.15, 0.2) is 0 Å². The minimum absolute atomic E-state index is 0.387. The number of hydrogen-bond donors (Lipinski definition) is 5. The number of thiol groups is 1. The van der Waals surface area contributed by atoms with E-state index < -0.39 is 0 Å². The second kappa shape index (κ2) is 5.27. The van der Waals surface area contributed by atoms with E-state index in [2.05, 4.69) is 45.5 Å². The molecule has 1 heterocycles. The Morgan fingerprint density at radius 1 is 1.60 bits per heavy atom. The molecule has 0 aromatic carbocycles. The minimum atomic E-state index is 0.387. The van der Waals surface area contributed by atoms with Gasteiger partial charge in [-0.25, -0.2) is 5.84 Å². The van der Waals surface area contributed by atoms with Crippen LogP contribution in [0.25, 0.3) is 0 Å². The number of nitrogens with two attached hydrogens (primary N) is 1. The average Bonchev–Trinajstić information content (AvgIpc) is 2.40. The van der Waals surface area contributed by atoms with Gasteiger partial charge in [-0.05, 0) is 18.5 Å². The number of rotatable bonds is 1. The van der Waals surface area contributed by atoms with Gasteiger partial charge in [0.15, 0.2) is 0 Å². The van der Waals surface area contributed by atoms with Crippen LogP contribution in [-0.2, 0) is 0 Å². The first-order chi connectivity index (χ1) is 4.83. The fourth-order valence-electron chi connectivity index (χ4n) is 0.338. The number of nitrogen functional groups attached to an aromatic ring is 1. The maximum atomic E-state index is 4.95. The van der Waals surface area contributed by atoms with Gasteiger partial charge < -0.3 is 0 Å². The molecule has 0 spiro atoms. The van der Waals surface area contributed by atoms with Crippen molar-refractivity contribution in [3.8, 4) is 0 Å². The first-order valence-corrected chi connectivity index (χ1v) is 3.69. The predicted molar refractivity (Wildman–Crippen MR) is 46.5 cm³/mol. The highest BCUT2D eigenvalue weighted by atomic mass is 32.1. The van der Waals surface area contributed by atoms with Crippen molar-refractivity contribution in [2.45, 2.75) is 0 Å². The van der Waals surface area contributed by atoms with Gasteiger partial charge >= 0.3 is 0 Å². The molecule has 0 fully saturated rings. The smallest absolute Gasteiger partial charge is 0.232 e. The topological polar surface area (TPSA) is 82.5 Å². The van der Waals surface area contributed by atoms with Crippen molar-refractivity contribution in [2.75, 3.05) is 11.7 Å². The van der Waals surface area contributed by atoms with Crippen LogP contribution in [0.2, 0.25) is 0 Å². The maximum Gasteiger partial charge on any atom is 0.232 e. The molecule has 5 nitrogen and oxygen atoms in total. The van der Waals surface area contributed by atoms with Crippen LogP contribution >= 0.6 is 24.8 Å². The molecule has 58 valence electrons. The Morgan fingerprint density at radius 2 is 2.20 bits per heavy atom. The average molecular weight is 179 g/mol. The van der Waals surface area contributed by atoms with Gasteiger partial charge in [0.25, 0.3) is 0 Å². The van der Waals surface area contributed by atoms with Crippen molar-refractivity contribution in [1.29, 1.82) is 0 Å². The minimum Gasteiger partial charge on any atom is -0.293 e. The summed E-state index contributed by atoms with van der Waals surface area (Å²) in [4.78, 5) is 3.70. The van der Waals surface area contributed by atoms with Crippen molar-refractivity contribution < 1.29 is 0 Å². The van der Waals surface area contributed by atoms with Crippen molar-refractivity contribution in [3.63, 3.8) is 0 Å². The van der Waals surface area contributed by atoms with Crippen LogP contribution in [-0.4, -0.2) is 21.4 Å². The van der Waals surface area contributed by atoms with Gasteiger partial charge in [0.2, 0.25) is 10.7 Å². The highest BCUT2D eigenvalue weighted by molar-refractivity contribution is 7.79. The Kier molecular flexibility index (Phi) is 4.99. The number of hydrazine groups is 1. The molecule has 0 amide bonds. The molecule has 10 heavy (non-hydrogen) atoms. The van der Waals surface area contributed by atoms with E-state index in [1.54, 1.807) is 6.26 Å². The standard InChI is InChI=1S/C2H5N5S.CH4S/c3-5-1-4-2(8)7-6-1;1-2/h3H2,(H3,4,5,6,7,8);2H,1H3. The fraction of sp³-hybridized carbons (Fsp3) is 0.333. The molecule has 0 aliphatic carbocycles. The number of anilines is 1. The summed E-state index contributed by atoms with van der Waals surface area (Å²) in [6.07, 6.45) is 1.69. The summed E-state index contributed by atoms with van der Waals surface area (Å²) in [6, 6.07) is 0. The second-order valence-electron chi connectivity index (χ2n) is 1.16. The van der Waals surface area contributed by atoms with E-state index in [1.807, 2.05) is 0 Å². The zero-order valence-electron chi connectivity index (χ0n) is 5.38. The van der Waals surface area contributed by atoms with Gasteiger partial charge in [-0.15, -0.1) is 0 Å². The first-order valence-electron chi connectivity index (χ1n) is 2.39. The summed E-state index contributed by atoms with van der Waals surface area (Å²) in [7, 11) is 0. The zero-order chi connectivity index (χ0) is 7.98. The van der Waals surface area contributed by atoms with Crippen LogP contribution in [0.1, 0.15) is 0 Å². The Bertz CT molecular complexity index is 215. The molecular formula is C3H9N5S2. The number of aromatic nitrogens is 3.